The third-order valence-corrected chi connectivity index (χ3v) is 3.86. The molecular formula is C15H14N2O4. The topological polar surface area (TPSA) is 74.4 Å². The van der Waals surface area contributed by atoms with Crippen molar-refractivity contribution in [2.75, 3.05) is 7.11 Å². The first-order valence-electron chi connectivity index (χ1n) is 6.59. The van der Waals surface area contributed by atoms with E-state index < -0.39 is 5.97 Å². The lowest BCUT2D eigenvalue weighted by molar-refractivity contribution is -0.383. The molecule has 0 bridgehead atoms. The van der Waals surface area contributed by atoms with Crippen molar-refractivity contribution in [3.63, 3.8) is 0 Å². The van der Waals surface area contributed by atoms with Gasteiger partial charge >= 0.3 is 5.97 Å². The molecule has 2 aromatic rings. The molecule has 0 N–H and O–H groups in total. The number of methoxy groups -OCH3 is 1. The maximum absolute atomic E-state index is 11.3. The van der Waals surface area contributed by atoms with Gasteiger partial charge in [-0.25, -0.2) is 4.79 Å². The number of hydrogen-bond donors (Lipinski definition) is 0. The Labute approximate surface area is 120 Å². The summed E-state index contributed by atoms with van der Waals surface area (Å²) in [6.07, 6.45) is 6.40. The lowest BCUT2D eigenvalue weighted by Crippen LogP contribution is -2.13. The number of rotatable bonds is 4. The highest BCUT2D eigenvalue weighted by atomic mass is 16.6. The van der Waals surface area contributed by atoms with Crippen molar-refractivity contribution >= 4 is 22.6 Å². The standard InChI is InChI=1S/C15H14N2O4/c1-21-14(18)6-7-15(8-9-15)16-10-13(17(19)20)11-4-2-3-5-12(11)16/h2-7,10H,8-9H2,1H3/b7-6+. The van der Waals surface area contributed by atoms with Crippen molar-refractivity contribution in [1.82, 2.24) is 4.57 Å². The third kappa shape index (κ3) is 2.18. The summed E-state index contributed by atoms with van der Waals surface area (Å²) < 4.78 is 6.49. The molecule has 3 rings (SSSR count). The fourth-order valence-corrected chi connectivity index (χ4v) is 2.58. The molecule has 0 atom stereocenters. The molecule has 1 aromatic heterocycles. The Bertz CT molecular complexity index is 756. The summed E-state index contributed by atoms with van der Waals surface area (Å²) in [5.41, 5.74) is 0.529. The Kier molecular flexibility index (Phi) is 3.01. The molecule has 1 aliphatic carbocycles. The van der Waals surface area contributed by atoms with Gasteiger partial charge in [-0.2, -0.15) is 0 Å². The van der Waals surface area contributed by atoms with E-state index in [0.29, 0.717) is 5.39 Å². The van der Waals surface area contributed by atoms with Gasteiger partial charge in [0.2, 0.25) is 0 Å². The van der Waals surface area contributed by atoms with Crippen LogP contribution in [0.5, 0.6) is 0 Å². The van der Waals surface area contributed by atoms with Crippen LogP contribution in [0.4, 0.5) is 5.69 Å². The van der Waals surface area contributed by atoms with Gasteiger partial charge in [0, 0.05) is 6.08 Å². The van der Waals surface area contributed by atoms with Gasteiger partial charge in [0.05, 0.1) is 34.7 Å². The minimum atomic E-state index is -0.424. The van der Waals surface area contributed by atoms with E-state index in [9.17, 15) is 14.9 Å². The molecule has 0 spiro atoms. The average Bonchev–Trinajstić information content (AvgIpc) is 3.17. The molecule has 6 nitrogen and oxygen atoms in total. The van der Waals surface area contributed by atoms with E-state index in [1.165, 1.54) is 13.2 Å². The summed E-state index contributed by atoms with van der Waals surface area (Å²) in [7, 11) is 1.32. The number of hydrogen-bond acceptors (Lipinski definition) is 4. The normalized spacial score (nSPS) is 16.2. The maximum Gasteiger partial charge on any atom is 0.330 e. The molecular weight excluding hydrogens is 272 g/mol. The molecule has 1 fully saturated rings. The molecule has 6 heteroatoms. The summed E-state index contributed by atoms with van der Waals surface area (Å²) in [6, 6.07) is 7.23. The number of nitro groups is 1. The van der Waals surface area contributed by atoms with E-state index in [1.54, 1.807) is 24.4 Å². The smallest absolute Gasteiger partial charge is 0.330 e. The zero-order valence-electron chi connectivity index (χ0n) is 11.5. The van der Waals surface area contributed by atoms with Gasteiger partial charge in [-0.1, -0.05) is 18.2 Å². The average molecular weight is 286 g/mol. The fourth-order valence-electron chi connectivity index (χ4n) is 2.58. The second-order valence-electron chi connectivity index (χ2n) is 5.12. The Hall–Kier alpha value is -2.63. The second kappa shape index (κ2) is 4.73. The third-order valence-electron chi connectivity index (χ3n) is 3.86. The van der Waals surface area contributed by atoms with Gasteiger partial charge in [0.25, 0.3) is 5.69 Å². The molecule has 108 valence electrons. The van der Waals surface area contributed by atoms with E-state index >= 15 is 0 Å². The predicted octanol–water partition coefficient (Wildman–Crippen LogP) is 2.77. The summed E-state index contributed by atoms with van der Waals surface area (Å²) >= 11 is 0. The summed E-state index contributed by atoms with van der Waals surface area (Å²) in [6.45, 7) is 0. The van der Waals surface area contributed by atoms with E-state index in [1.807, 2.05) is 16.7 Å². The van der Waals surface area contributed by atoms with Crippen LogP contribution in [0.3, 0.4) is 0 Å². The highest BCUT2D eigenvalue weighted by molar-refractivity contribution is 5.90. The first kappa shape index (κ1) is 13.4. The van der Waals surface area contributed by atoms with E-state index in [4.69, 9.17) is 0 Å². The van der Waals surface area contributed by atoms with Crippen molar-refractivity contribution in [2.45, 2.75) is 18.4 Å². The minimum Gasteiger partial charge on any atom is -0.466 e. The first-order chi connectivity index (χ1) is 10.1. The number of fused-ring (bicyclic) bond motifs is 1. The minimum absolute atomic E-state index is 0.0864. The number of carbonyl (C=O) groups excluding carboxylic acids is 1. The van der Waals surface area contributed by atoms with Crippen molar-refractivity contribution in [3.8, 4) is 0 Å². The summed E-state index contributed by atoms with van der Waals surface area (Å²) in [5.74, 6) is -0.424. The van der Waals surface area contributed by atoms with Gasteiger partial charge in [-0.15, -0.1) is 0 Å². The second-order valence-corrected chi connectivity index (χ2v) is 5.12. The molecule has 1 aromatic carbocycles. The van der Waals surface area contributed by atoms with Crippen LogP contribution in [0.2, 0.25) is 0 Å². The number of allylic oxidation sites excluding steroid dienone is 1. The zero-order chi connectivity index (χ0) is 15.0. The number of para-hydroxylation sites is 1. The molecule has 0 unspecified atom stereocenters. The highest BCUT2D eigenvalue weighted by Gasteiger charge is 2.44. The Morgan fingerprint density at radius 2 is 2.14 bits per heavy atom. The van der Waals surface area contributed by atoms with Gasteiger partial charge in [0.15, 0.2) is 0 Å². The number of benzene rings is 1. The fraction of sp³-hybridized carbons (Fsp3) is 0.267. The van der Waals surface area contributed by atoms with Crippen molar-refractivity contribution < 1.29 is 14.5 Å². The van der Waals surface area contributed by atoms with Gasteiger partial charge < -0.3 is 9.30 Å². The van der Waals surface area contributed by atoms with Crippen LogP contribution < -0.4 is 0 Å². The molecule has 1 aliphatic rings. The first-order valence-corrected chi connectivity index (χ1v) is 6.59. The molecule has 0 saturated heterocycles. The number of nitrogens with zero attached hydrogens (tertiary/aromatic N) is 2. The van der Waals surface area contributed by atoms with Gasteiger partial charge in [-0.05, 0) is 25.0 Å². The molecule has 1 heterocycles. The number of aromatic nitrogens is 1. The highest BCUT2D eigenvalue weighted by Crippen LogP contribution is 2.48. The summed E-state index contributed by atoms with van der Waals surface area (Å²) in [5, 5.41) is 11.8. The van der Waals surface area contributed by atoms with Crippen LogP contribution in [0, 0.1) is 10.1 Å². The van der Waals surface area contributed by atoms with Crippen molar-refractivity contribution in [1.29, 1.82) is 0 Å². The molecule has 21 heavy (non-hydrogen) atoms. The Balaban J connectivity index is 2.11. The van der Waals surface area contributed by atoms with E-state index in [-0.39, 0.29) is 16.1 Å². The van der Waals surface area contributed by atoms with Crippen LogP contribution >= 0.6 is 0 Å². The van der Waals surface area contributed by atoms with Crippen molar-refractivity contribution in [2.24, 2.45) is 0 Å². The molecule has 0 radical (unpaired) electrons. The lowest BCUT2D eigenvalue weighted by Gasteiger charge is -2.13. The quantitative estimate of drug-likeness (QED) is 0.375. The number of carbonyl (C=O) groups is 1. The Morgan fingerprint density at radius 1 is 1.43 bits per heavy atom. The lowest BCUT2D eigenvalue weighted by atomic mass is 10.2. The van der Waals surface area contributed by atoms with Crippen LogP contribution in [-0.4, -0.2) is 22.6 Å². The van der Waals surface area contributed by atoms with Crippen molar-refractivity contribution in [3.05, 3.63) is 52.7 Å². The van der Waals surface area contributed by atoms with E-state index in [2.05, 4.69) is 4.74 Å². The van der Waals surface area contributed by atoms with Crippen LogP contribution in [0.25, 0.3) is 10.9 Å². The van der Waals surface area contributed by atoms with E-state index in [0.717, 1.165) is 18.4 Å². The number of esters is 1. The number of ether oxygens (including phenoxy) is 1. The monoisotopic (exact) mass is 286 g/mol. The van der Waals surface area contributed by atoms with Crippen LogP contribution in [-0.2, 0) is 15.1 Å². The van der Waals surface area contributed by atoms with Gasteiger partial charge in [-0.3, -0.25) is 10.1 Å². The summed E-state index contributed by atoms with van der Waals surface area (Å²) in [4.78, 5) is 22.1. The molecule has 1 saturated carbocycles. The SMILES string of the molecule is COC(=O)/C=C/C1(n2cc([N+](=O)[O-])c3ccccc32)CC1. The largest absolute Gasteiger partial charge is 0.466 e. The zero-order valence-corrected chi connectivity index (χ0v) is 11.5. The molecule has 0 amide bonds. The molecule has 0 aliphatic heterocycles. The maximum atomic E-state index is 11.3. The predicted molar refractivity (Wildman–Crippen MR) is 77.0 cm³/mol. The van der Waals surface area contributed by atoms with Gasteiger partial charge in [0.1, 0.15) is 0 Å². The van der Waals surface area contributed by atoms with Crippen LogP contribution in [0.15, 0.2) is 42.6 Å². The Morgan fingerprint density at radius 3 is 2.76 bits per heavy atom. The van der Waals surface area contributed by atoms with Crippen LogP contribution in [0.1, 0.15) is 12.8 Å².